The van der Waals surface area contributed by atoms with Gasteiger partial charge in [0.25, 0.3) is 0 Å². The van der Waals surface area contributed by atoms with Crippen molar-refractivity contribution in [2.45, 2.75) is 38.5 Å². The SMILES string of the molecule is CC1(C)c2ccccc2N(c2ccc3oc4ccccc4c3c2)c2ccc3c(sc4cc5c(cc43)sc3c4c(ccc35)N(c3ccc5oc6ccccc6c5c3)c3ccccc3C4(C)C)c21. The van der Waals surface area contributed by atoms with Crippen molar-refractivity contribution in [2.75, 3.05) is 9.80 Å². The van der Waals surface area contributed by atoms with E-state index >= 15 is 0 Å². The quantitative estimate of drug-likeness (QED) is 0.173. The van der Waals surface area contributed by atoms with Crippen molar-refractivity contribution in [3.8, 4) is 0 Å². The summed E-state index contributed by atoms with van der Waals surface area (Å²) in [5, 5.41) is 9.83. The van der Waals surface area contributed by atoms with E-state index in [1.54, 1.807) is 0 Å². The minimum absolute atomic E-state index is 0.235. The van der Waals surface area contributed by atoms with Crippen LogP contribution in [0, 0.1) is 0 Å². The highest BCUT2D eigenvalue weighted by atomic mass is 32.1. The van der Waals surface area contributed by atoms with Crippen LogP contribution in [0.4, 0.5) is 34.1 Å². The van der Waals surface area contributed by atoms with Gasteiger partial charge in [-0.3, -0.25) is 0 Å². The molecule has 0 saturated heterocycles. The van der Waals surface area contributed by atoms with Crippen molar-refractivity contribution in [2.24, 2.45) is 0 Å². The number of anilines is 6. The fourth-order valence-electron chi connectivity index (χ4n) is 11.9. The Morgan fingerprint density at radius 1 is 0.348 bits per heavy atom. The van der Waals surface area contributed by atoms with Gasteiger partial charge < -0.3 is 18.6 Å². The number of furan rings is 2. The molecular formula is C60H40N2O2S2. The number of fused-ring (bicyclic) bond motifs is 18. The Labute approximate surface area is 388 Å². The van der Waals surface area contributed by atoms with Crippen molar-refractivity contribution in [1.29, 1.82) is 0 Å². The van der Waals surface area contributed by atoms with E-state index in [1.807, 2.05) is 34.8 Å². The Morgan fingerprint density at radius 2 is 0.758 bits per heavy atom. The van der Waals surface area contributed by atoms with Gasteiger partial charge in [0.15, 0.2) is 0 Å². The van der Waals surface area contributed by atoms with Crippen molar-refractivity contribution < 1.29 is 8.83 Å². The lowest BCUT2D eigenvalue weighted by Crippen LogP contribution is -2.30. The Hall–Kier alpha value is -7.38. The Balaban J connectivity index is 0.928. The summed E-state index contributed by atoms with van der Waals surface area (Å²) in [6.07, 6.45) is 0. The van der Waals surface area contributed by atoms with E-state index < -0.39 is 0 Å². The number of rotatable bonds is 2. The number of hydrogen-bond acceptors (Lipinski definition) is 6. The fraction of sp³-hybridized carbons (Fsp3) is 0.100. The highest BCUT2D eigenvalue weighted by Crippen LogP contribution is 2.59. The average molecular weight is 885 g/mol. The van der Waals surface area contributed by atoms with Gasteiger partial charge in [-0.15, -0.1) is 22.7 Å². The summed E-state index contributed by atoms with van der Waals surface area (Å²) in [5.74, 6) is 0. The molecule has 6 heteroatoms. The van der Waals surface area contributed by atoms with Crippen molar-refractivity contribution >= 4 is 141 Å². The lowest BCUT2D eigenvalue weighted by atomic mass is 9.73. The zero-order valence-corrected chi connectivity index (χ0v) is 38.3. The van der Waals surface area contributed by atoms with Crippen molar-refractivity contribution in [3.05, 3.63) is 192 Å². The van der Waals surface area contributed by atoms with E-state index in [-0.39, 0.29) is 10.8 Å². The molecule has 9 aromatic carbocycles. The maximum Gasteiger partial charge on any atom is 0.135 e. The minimum Gasteiger partial charge on any atom is -0.456 e. The molecule has 0 bridgehead atoms. The molecule has 0 saturated carbocycles. The Kier molecular flexibility index (Phi) is 7.10. The van der Waals surface area contributed by atoms with Gasteiger partial charge in [-0.2, -0.15) is 0 Å². The molecule has 0 N–H and O–H groups in total. The van der Waals surface area contributed by atoms with Gasteiger partial charge >= 0.3 is 0 Å². The van der Waals surface area contributed by atoms with Crippen LogP contribution in [0.1, 0.15) is 49.9 Å². The van der Waals surface area contributed by atoms with Gasteiger partial charge in [-0.05, 0) is 96.1 Å². The third-order valence-electron chi connectivity index (χ3n) is 15.0. The number of hydrogen-bond donors (Lipinski definition) is 0. The number of benzene rings is 9. The molecule has 0 atom stereocenters. The molecule has 2 aliphatic rings. The van der Waals surface area contributed by atoms with Crippen LogP contribution in [0.3, 0.4) is 0 Å². The Morgan fingerprint density at radius 3 is 1.23 bits per heavy atom. The summed E-state index contributed by atoms with van der Waals surface area (Å²) >= 11 is 3.90. The first-order valence-corrected chi connectivity index (χ1v) is 24.4. The lowest BCUT2D eigenvalue weighted by molar-refractivity contribution is 0.639. The molecular weight excluding hydrogens is 845 g/mol. The molecule has 0 aliphatic carbocycles. The van der Waals surface area contributed by atoms with Gasteiger partial charge in [-0.1, -0.05) is 113 Å². The molecule has 314 valence electrons. The highest BCUT2D eigenvalue weighted by Gasteiger charge is 2.41. The molecule has 0 amide bonds. The van der Waals surface area contributed by atoms with E-state index in [1.165, 1.54) is 85.3 Å². The normalized spacial score (nSPS) is 15.2. The number of thiophene rings is 2. The predicted molar refractivity (Wildman–Crippen MR) is 280 cm³/mol. The topological polar surface area (TPSA) is 32.8 Å². The lowest BCUT2D eigenvalue weighted by Gasteiger charge is -2.42. The second-order valence-electron chi connectivity index (χ2n) is 19.2. The molecule has 2 aliphatic heterocycles. The van der Waals surface area contributed by atoms with E-state index in [2.05, 4.69) is 195 Å². The van der Waals surface area contributed by atoms with Crippen LogP contribution in [0.5, 0.6) is 0 Å². The molecule has 0 radical (unpaired) electrons. The van der Waals surface area contributed by atoms with Crippen LogP contribution in [-0.2, 0) is 10.8 Å². The molecule has 15 rings (SSSR count). The molecule has 4 aromatic heterocycles. The van der Waals surface area contributed by atoms with Crippen molar-refractivity contribution in [1.82, 2.24) is 0 Å². The van der Waals surface area contributed by atoms with Crippen LogP contribution < -0.4 is 9.80 Å². The summed E-state index contributed by atoms with van der Waals surface area (Å²) in [4.78, 5) is 4.96. The summed E-state index contributed by atoms with van der Waals surface area (Å²) in [6.45, 7) is 9.64. The van der Waals surface area contributed by atoms with Crippen molar-refractivity contribution in [3.63, 3.8) is 0 Å². The molecule has 6 heterocycles. The zero-order chi connectivity index (χ0) is 43.8. The third-order valence-corrected chi connectivity index (χ3v) is 17.3. The van der Waals surface area contributed by atoms with E-state index in [4.69, 9.17) is 8.83 Å². The summed E-state index contributed by atoms with van der Waals surface area (Å²) in [6, 6.07) is 62.5. The summed E-state index contributed by atoms with van der Waals surface area (Å²) in [5.41, 5.74) is 15.8. The van der Waals surface area contributed by atoms with Crippen LogP contribution in [0.2, 0.25) is 0 Å². The highest BCUT2D eigenvalue weighted by molar-refractivity contribution is 7.27. The molecule has 66 heavy (non-hydrogen) atoms. The largest absolute Gasteiger partial charge is 0.456 e. The maximum atomic E-state index is 6.29. The smallest absolute Gasteiger partial charge is 0.135 e. The van der Waals surface area contributed by atoms with E-state index in [0.29, 0.717) is 0 Å². The van der Waals surface area contributed by atoms with Crippen LogP contribution in [0.25, 0.3) is 84.2 Å². The zero-order valence-electron chi connectivity index (χ0n) is 36.7. The number of para-hydroxylation sites is 4. The van der Waals surface area contributed by atoms with Gasteiger partial charge in [0.05, 0.1) is 22.7 Å². The van der Waals surface area contributed by atoms with Crippen LogP contribution in [0.15, 0.2) is 179 Å². The first kappa shape index (κ1) is 36.9. The second kappa shape index (κ2) is 12.7. The molecule has 0 unspecified atom stereocenters. The van der Waals surface area contributed by atoms with Crippen LogP contribution >= 0.6 is 22.7 Å². The van der Waals surface area contributed by atoms with Gasteiger partial charge in [-0.25, -0.2) is 0 Å². The van der Waals surface area contributed by atoms with E-state index in [0.717, 1.165) is 55.3 Å². The number of nitrogens with zero attached hydrogens (tertiary/aromatic N) is 2. The minimum atomic E-state index is -0.235. The maximum absolute atomic E-state index is 6.29. The summed E-state index contributed by atoms with van der Waals surface area (Å²) in [7, 11) is 0. The average Bonchev–Trinajstić information content (AvgIpc) is 4.10. The van der Waals surface area contributed by atoms with Gasteiger partial charge in [0.2, 0.25) is 0 Å². The van der Waals surface area contributed by atoms with Gasteiger partial charge in [0.1, 0.15) is 22.3 Å². The second-order valence-corrected chi connectivity index (χ2v) is 21.3. The molecule has 13 aromatic rings. The molecule has 4 nitrogen and oxygen atoms in total. The first-order chi connectivity index (χ1) is 32.2. The predicted octanol–water partition coefficient (Wildman–Crippen LogP) is 18.4. The fourth-order valence-corrected chi connectivity index (χ4v) is 14.8. The molecule has 0 spiro atoms. The molecule has 0 fully saturated rings. The van der Waals surface area contributed by atoms with E-state index in [9.17, 15) is 0 Å². The van der Waals surface area contributed by atoms with Gasteiger partial charge in [0, 0.05) is 95.2 Å². The standard InChI is InChI=1S/C60H40N2O2S2/c1-59(2)43-15-7-9-17-45(43)61(33-21-27-51-39(29-33)35-13-5-11-19-49(35)63-51)47-25-23-37-41-31-54-42(32-53(41)65-57(37)55(47)59)38-24-26-48-56(58(38)66-54)60(3,4)44-16-8-10-18-46(44)62(48)34-22-28-52-40(30-34)36-14-6-12-20-50(36)64-52/h5-32H,1-4H3. The third kappa shape index (κ3) is 4.72. The first-order valence-electron chi connectivity index (χ1n) is 22.7. The van der Waals surface area contributed by atoms with Crippen LogP contribution in [-0.4, -0.2) is 0 Å². The summed E-state index contributed by atoms with van der Waals surface area (Å²) < 4.78 is 17.9. The monoisotopic (exact) mass is 884 g/mol. The Bertz CT molecular complexity index is 4000.